The number of hydrogen-bond donors (Lipinski definition) is 2. The molecule has 0 aliphatic rings. The van der Waals surface area contributed by atoms with E-state index in [1.807, 2.05) is 19.2 Å². The summed E-state index contributed by atoms with van der Waals surface area (Å²) in [6.07, 6.45) is 4.18. The topological polar surface area (TPSA) is 24.1 Å². The van der Waals surface area contributed by atoms with Gasteiger partial charge in [-0.05, 0) is 25.5 Å². The summed E-state index contributed by atoms with van der Waals surface area (Å²) in [6, 6.07) is 11.0. The van der Waals surface area contributed by atoms with Gasteiger partial charge in [-0.2, -0.15) is 0 Å². The zero-order valence-corrected chi connectivity index (χ0v) is 10.1. The van der Waals surface area contributed by atoms with Crippen molar-refractivity contribution >= 4 is 0 Å². The second-order valence-corrected chi connectivity index (χ2v) is 3.97. The molecule has 1 rings (SSSR count). The molecule has 0 radical (unpaired) electrons. The molecule has 16 heavy (non-hydrogen) atoms. The van der Waals surface area contributed by atoms with Gasteiger partial charge in [0.25, 0.3) is 0 Å². The van der Waals surface area contributed by atoms with E-state index in [0.717, 1.165) is 25.9 Å². The molecule has 88 valence electrons. The lowest BCUT2D eigenvalue weighted by atomic mass is 10.1. The van der Waals surface area contributed by atoms with Crippen LogP contribution >= 0.6 is 0 Å². The van der Waals surface area contributed by atoms with Crippen molar-refractivity contribution in [3.63, 3.8) is 0 Å². The Morgan fingerprint density at radius 1 is 1.31 bits per heavy atom. The number of rotatable bonds is 8. The lowest BCUT2D eigenvalue weighted by molar-refractivity contribution is 0.483. The summed E-state index contributed by atoms with van der Waals surface area (Å²) in [6.45, 7) is 5.68. The van der Waals surface area contributed by atoms with E-state index in [2.05, 4.69) is 41.5 Å². The van der Waals surface area contributed by atoms with Crippen LogP contribution in [0.5, 0.6) is 0 Å². The number of hydrogen-bond acceptors (Lipinski definition) is 2. The van der Waals surface area contributed by atoms with E-state index >= 15 is 0 Å². The predicted octanol–water partition coefficient (Wildman–Crippen LogP) is 2.33. The first kappa shape index (κ1) is 12.9. The van der Waals surface area contributed by atoms with Crippen LogP contribution in [0.15, 0.2) is 43.0 Å². The third kappa shape index (κ3) is 5.10. The molecule has 2 heteroatoms. The molecule has 0 saturated carbocycles. The molecule has 1 aromatic carbocycles. The van der Waals surface area contributed by atoms with Gasteiger partial charge in [-0.3, -0.25) is 0 Å². The summed E-state index contributed by atoms with van der Waals surface area (Å²) in [7, 11) is 2.01. The molecular weight excluding hydrogens is 196 g/mol. The van der Waals surface area contributed by atoms with Gasteiger partial charge in [0, 0.05) is 19.1 Å². The maximum Gasteiger partial charge on any atom is 0.0206 e. The van der Waals surface area contributed by atoms with Gasteiger partial charge in [-0.25, -0.2) is 0 Å². The maximum absolute atomic E-state index is 3.75. The average Bonchev–Trinajstić information content (AvgIpc) is 2.35. The van der Waals surface area contributed by atoms with Gasteiger partial charge in [0.15, 0.2) is 0 Å². The highest BCUT2D eigenvalue weighted by molar-refractivity contribution is 5.14. The second-order valence-electron chi connectivity index (χ2n) is 3.97. The Kier molecular flexibility index (Phi) is 6.54. The summed E-state index contributed by atoms with van der Waals surface area (Å²) < 4.78 is 0. The van der Waals surface area contributed by atoms with Crippen molar-refractivity contribution in [2.45, 2.75) is 25.4 Å². The molecular formula is C14H22N2. The number of benzene rings is 1. The molecule has 2 N–H and O–H groups in total. The van der Waals surface area contributed by atoms with Gasteiger partial charge in [-0.1, -0.05) is 36.4 Å². The zero-order chi connectivity index (χ0) is 11.6. The van der Waals surface area contributed by atoms with Crippen LogP contribution in [0.4, 0.5) is 0 Å². The largest absolute Gasteiger partial charge is 0.316 e. The van der Waals surface area contributed by atoms with Crippen molar-refractivity contribution in [1.82, 2.24) is 10.6 Å². The third-order valence-electron chi connectivity index (χ3n) is 2.69. The number of allylic oxidation sites excluding steroid dienone is 1. The van der Waals surface area contributed by atoms with Crippen molar-refractivity contribution in [3.8, 4) is 0 Å². The fraction of sp³-hybridized carbons (Fsp3) is 0.429. The van der Waals surface area contributed by atoms with Gasteiger partial charge in [0.1, 0.15) is 0 Å². The van der Waals surface area contributed by atoms with Crippen LogP contribution in [0.25, 0.3) is 0 Å². The molecule has 2 nitrogen and oxygen atoms in total. The average molecular weight is 218 g/mol. The molecule has 0 aromatic heterocycles. The van der Waals surface area contributed by atoms with Crippen LogP contribution in [0.2, 0.25) is 0 Å². The highest BCUT2D eigenvalue weighted by atomic mass is 15.0. The molecule has 0 bridgehead atoms. The zero-order valence-electron chi connectivity index (χ0n) is 10.1. The second kappa shape index (κ2) is 8.08. The highest BCUT2D eigenvalue weighted by Gasteiger charge is 2.03. The van der Waals surface area contributed by atoms with E-state index in [-0.39, 0.29) is 0 Å². The van der Waals surface area contributed by atoms with Gasteiger partial charge in [0.05, 0.1) is 0 Å². The molecule has 1 unspecified atom stereocenters. The SMILES string of the molecule is C=CCCC(CNCc1ccccc1)NC. The first-order valence-electron chi connectivity index (χ1n) is 5.89. The first-order chi connectivity index (χ1) is 7.86. The minimum Gasteiger partial charge on any atom is -0.316 e. The van der Waals surface area contributed by atoms with Crippen LogP contribution in [-0.4, -0.2) is 19.6 Å². The molecule has 0 aliphatic carbocycles. The number of nitrogens with one attached hydrogen (secondary N) is 2. The normalized spacial score (nSPS) is 12.3. The monoisotopic (exact) mass is 218 g/mol. The van der Waals surface area contributed by atoms with Gasteiger partial charge in [-0.15, -0.1) is 6.58 Å². The van der Waals surface area contributed by atoms with Crippen LogP contribution in [-0.2, 0) is 6.54 Å². The minimum atomic E-state index is 0.529. The highest BCUT2D eigenvalue weighted by Crippen LogP contribution is 1.99. The van der Waals surface area contributed by atoms with Crippen molar-refractivity contribution in [1.29, 1.82) is 0 Å². The Balaban J connectivity index is 2.20. The molecule has 0 fully saturated rings. The van der Waals surface area contributed by atoms with Crippen molar-refractivity contribution in [3.05, 3.63) is 48.6 Å². The van der Waals surface area contributed by atoms with Gasteiger partial charge >= 0.3 is 0 Å². The van der Waals surface area contributed by atoms with Gasteiger partial charge in [0.2, 0.25) is 0 Å². The summed E-state index contributed by atoms with van der Waals surface area (Å²) >= 11 is 0. The summed E-state index contributed by atoms with van der Waals surface area (Å²) in [5.41, 5.74) is 1.33. The van der Waals surface area contributed by atoms with Gasteiger partial charge < -0.3 is 10.6 Å². The summed E-state index contributed by atoms with van der Waals surface area (Å²) in [5, 5.41) is 6.78. The fourth-order valence-electron chi connectivity index (χ4n) is 1.65. The molecule has 1 atom stereocenters. The summed E-state index contributed by atoms with van der Waals surface area (Å²) in [4.78, 5) is 0. The van der Waals surface area contributed by atoms with Crippen molar-refractivity contribution in [2.24, 2.45) is 0 Å². The van der Waals surface area contributed by atoms with E-state index in [9.17, 15) is 0 Å². The van der Waals surface area contributed by atoms with E-state index in [0.29, 0.717) is 6.04 Å². The lowest BCUT2D eigenvalue weighted by Crippen LogP contribution is -2.36. The molecule has 0 heterocycles. The van der Waals surface area contributed by atoms with E-state index in [4.69, 9.17) is 0 Å². The molecule has 0 aliphatic heterocycles. The Labute approximate surface area is 98.8 Å². The van der Waals surface area contributed by atoms with Crippen LogP contribution in [0.1, 0.15) is 18.4 Å². The maximum atomic E-state index is 3.75. The lowest BCUT2D eigenvalue weighted by Gasteiger charge is -2.16. The Morgan fingerprint density at radius 3 is 2.69 bits per heavy atom. The Morgan fingerprint density at radius 2 is 2.06 bits per heavy atom. The minimum absolute atomic E-state index is 0.529. The van der Waals surface area contributed by atoms with Crippen LogP contribution < -0.4 is 10.6 Å². The van der Waals surface area contributed by atoms with Crippen LogP contribution in [0.3, 0.4) is 0 Å². The first-order valence-corrected chi connectivity index (χ1v) is 5.89. The number of likely N-dealkylation sites (N-methyl/N-ethyl adjacent to an activating group) is 1. The van der Waals surface area contributed by atoms with E-state index < -0.39 is 0 Å². The van der Waals surface area contributed by atoms with E-state index in [1.54, 1.807) is 0 Å². The standard InChI is InChI=1S/C14H22N2/c1-3-4-10-14(15-2)12-16-11-13-8-6-5-7-9-13/h3,5-9,14-16H,1,4,10-12H2,2H3. The molecule has 0 saturated heterocycles. The smallest absolute Gasteiger partial charge is 0.0206 e. The van der Waals surface area contributed by atoms with Crippen molar-refractivity contribution < 1.29 is 0 Å². The summed E-state index contributed by atoms with van der Waals surface area (Å²) in [5.74, 6) is 0. The Hall–Kier alpha value is -1.12. The molecule has 1 aromatic rings. The third-order valence-corrected chi connectivity index (χ3v) is 2.69. The van der Waals surface area contributed by atoms with Crippen molar-refractivity contribution in [2.75, 3.05) is 13.6 Å². The quantitative estimate of drug-likeness (QED) is 0.654. The van der Waals surface area contributed by atoms with E-state index in [1.165, 1.54) is 5.56 Å². The van der Waals surface area contributed by atoms with Crippen LogP contribution in [0, 0.1) is 0 Å². The fourth-order valence-corrected chi connectivity index (χ4v) is 1.65. The molecule has 0 spiro atoms. The molecule has 0 amide bonds. The Bertz CT molecular complexity index is 282. The predicted molar refractivity (Wildman–Crippen MR) is 70.4 cm³/mol.